The summed E-state index contributed by atoms with van der Waals surface area (Å²) >= 11 is 5.60. The monoisotopic (exact) mass is 715 g/mol. The van der Waals surface area contributed by atoms with E-state index in [1.807, 2.05) is 34.0 Å². The lowest BCUT2D eigenvalue weighted by Crippen LogP contribution is -2.10. The molecule has 244 valence electrons. The Morgan fingerprint density at radius 3 is 1.12 bits per heavy atom. The molecule has 8 aromatic carbocycles. The molecule has 0 radical (unpaired) electrons. The third-order valence-corrected chi connectivity index (χ3v) is 13.7. The SMILES string of the molecule is c1ccc2c(c1)sc1cccc(-c3ccc(N(c4ccc(-c5cccc6sc7ccccc7c56)cc4)c4cccc5sc6ccccc6c45)cc3)c12. The predicted octanol–water partition coefficient (Wildman–Crippen LogP) is 15.6. The zero-order valence-corrected chi connectivity index (χ0v) is 30.4. The van der Waals surface area contributed by atoms with Gasteiger partial charge in [-0.15, -0.1) is 34.0 Å². The first-order valence-corrected chi connectivity index (χ1v) is 20.0. The lowest BCUT2D eigenvalue weighted by Gasteiger charge is -2.27. The van der Waals surface area contributed by atoms with Crippen LogP contribution in [0, 0.1) is 0 Å². The number of thiophene rings is 3. The van der Waals surface area contributed by atoms with Crippen LogP contribution in [0.3, 0.4) is 0 Å². The third-order valence-electron chi connectivity index (χ3n) is 10.3. The molecule has 0 unspecified atom stereocenters. The first-order valence-electron chi connectivity index (χ1n) is 17.5. The Balaban J connectivity index is 1.08. The standard InChI is InChI=1S/C48H29NS3/c1-4-16-40-36(10-1)46-34(13-7-19-43(46)50-40)30-22-26-32(27-23-30)49(39-15-9-21-45-48(39)38-12-3-6-18-42(38)52-45)33-28-24-31(25-29-33)35-14-8-20-44-47(35)37-11-2-5-17-41(37)51-44/h1-29H. The van der Waals surface area contributed by atoms with E-state index >= 15 is 0 Å². The van der Waals surface area contributed by atoms with Gasteiger partial charge in [-0.05, 0) is 89.0 Å². The molecule has 0 amide bonds. The molecule has 0 N–H and O–H groups in total. The van der Waals surface area contributed by atoms with Crippen molar-refractivity contribution in [1.82, 2.24) is 0 Å². The smallest absolute Gasteiger partial charge is 0.0554 e. The van der Waals surface area contributed by atoms with Crippen molar-refractivity contribution in [2.45, 2.75) is 0 Å². The van der Waals surface area contributed by atoms with E-state index in [0.29, 0.717) is 0 Å². The Bertz CT molecular complexity index is 2970. The molecule has 3 aromatic heterocycles. The quantitative estimate of drug-likeness (QED) is 0.171. The van der Waals surface area contributed by atoms with Gasteiger partial charge in [0.2, 0.25) is 0 Å². The van der Waals surface area contributed by atoms with E-state index < -0.39 is 0 Å². The fourth-order valence-corrected chi connectivity index (χ4v) is 11.4. The highest BCUT2D eigenvalue weighted by Gasteiger charge is 2.20. The van der Waals surface area contributed by atoms with Gasteiger partial charge in [-0.2, -0.15) is 0 Å². The molecule has 0 aliphatic rings. The van der Waals surface area contributed by atoms with Gasteiger partial charge in [0.05, 0.1) is 5.69 Å². The number of anilines is 3. The van der Waals surface area contributed by atoms with Gasteiger partial charge in [0, 0.05) is 71.9 Å². The molecular formula is C48H29NS3. The predicted molar refractivity (Wildman–Crippen MR) is 231 cm³/mol. The second kappa shape index (κ2) is 11.9. The number of fused-ring (bicyclic) bond motifs is 9. The van der Waals surface area contributed by atoms with Crippen LogP contribution in [0.2, 0.25) is 0 Å². The van der Waals surface area contributed by atoms with Crippen molar-refractivity contribution in [1.29, 1.82) is 0 Å². The van der Waals surface area contributed by atoms with Crippen molar-refractivity contribution >= 4 is 112 Å². The van der Waals surface area contributed by atoms with Crippen LogP contribution in [0.5, 0.6) is 0 Å². The summed E-state index contributed by atoms with van der Waals surface area (Å²) in [6.07, 6.45) is 0. The maximum Gasteiger partial charge on any atom is 0.0554 e. The second-order valence-electron chi connectivity index (χ2n) is 13.2. The first kappa shape index (κ1) is 29.9. The average molecular weight is 716 g/mol. The molecule has 0 fully saturated rings. The van der Waals surface area contributed by atoms with E-state index in [0.717, 1.165) is 11.4 Å². The molecule has 0 aliphatic carbocycles. The second-order valence-corrected chi connectivity index (χ2v) is 16.5. The Labute approximate surface area is 312 Å². The van der Waals surface area contributed by atoms with Crippen molar-refractivity contribution in [3.63, 3.8) is 0 Å². The van der Waals surface area contributed by atoms with Gasteiger partial charge in [0.15, 0.2) is 0 Å². The molecule has 3 heterocycles. The molecule has 0 atom stereocenters. The number of hydrogen-bond acceptors (Lipinski definition) is 4. The Kier molecular flexibility index (Phi) is 6.84. The van der Waals surface area contributed by atoms with Crippen molar-refractivity contribution in [2.75, 3.05) is 4.90 Å². The van der Waals surface area contributed by atoms with Crippen LogP contribution in [0.1, 0.15) is 0 Å². The fourth-order valence-electron chi connectivity index (χ4n) is 7.98. The highest BCUT2D eigenvalue weighted by Crippen LogP contribution is 2.47. The van der Waals surface area contributed by atoms with E-state index in [4.69, 9.17) is 0 Å². The van der Waals surface area contributed by atoms with Gasteiger partial charge in [0.1, 0.15) is 0 Å². The summed E-state index contributed by atoms with van der Waals surface area (Å²) in [7, 11) is 0. The molecule has 0 saturated carbocycles. The van der Waals surface area contributed by atoms with E-state index in [2.05, 4.69) is 181 Å². The van der Waals surface area contributed by atoms with Crippen molar-refractivity contribution < 1.29 is 0 Å². The number of nitrogens with zero attached hydrogens (tertiary/aromatic N) is 1. The topological polar surface area (TPSA) is 3.24 Å². The molecule has 1 nitrogen and oxygen atoms in total. The van der Waals surface area contributed by atoms with Crippen molar-refractivity contribution in [3.8, 4) is 22.3 Å². The number of rotatable bonds is 5. The van der Waals surface area contributed by atoms with Gasteiger partial charge in [-0.3, -0.25) is 0 Å². The highest BCUT2D eigenvalue weighted by molar-refractivity contribution is 7.26. The lowest BCUT2D eigenvalue weighted by atomic mass is 9.98. The van der Waals surface area contributed by atoms with E-state index in [-0.39, 0.29) is 0 Å². The van der Waals surface area contributed by atoms with Crippen LogP contribution >= 0.6 is 34.0 Å². The average Bonchev–Trinajstić information content (AvgIpc) is 3.90. The van der Waals surface area contributed by atoms with Gasteiger partial charge in [0.25, 0.3) is 0 Å². The largest absolute Gasteiger partial charge is 0.310 e. The van der Waals surface area contributed by atoms with Gasteiger partial charge >= 0.3 is 0 Å². The third kappa shape index (κ3) is 4.65. The molecular weight excluding hydrogens is 687 g/mol. The van der Waals surface area contributed by atoms with Gasteiger partial charge < -0.3 is 4.90 Å². The van der Waals surface area contributed by atoms with Gasteiger partial charge in [-0.25, -0.2) is 0 Å². The lowest BCUT2D eigenvalue weighted by molar-refractivity contribution is 1.30. The number of benzene rings is 8. The minimum Gasteiger partial charge on any atom is -0.310 e. The molecule has 52 heavy (non-hydrogen) atoms. The molecule has 0 saturated heterocycles. The summed E-state index contributed by atoms with van der Waals surface area (Å²) in [4.78, 5) is 2.44. The van der Waals surface area contributed by atoms with Crippen molar-refractivity contribution in [3.05, 3.63) is 176 Å². The van der Waals surface area contributed by atoms with E-state index in [1.54, 1.807) is 0 Å². The fraction of sp³-hybridized carbons (Fsp3) is 0. The maximum atomic E-state index is 2.44. The van der Waals surface area contributed by atoms with Crippen LogP contribution in [0.15, 0.2) is 176 Å². The molecule has 0 bridgehead atoms. The summed E-state index contributed by atoms with van der Waals surface area (Å²) in [6, 6.07) is 64.8. The molecule has 0 aliphatic heterocycles. The van der Waals surface area contributed by atoms with Crippen LogP contribution in [0.4, 0.5) is 17.1 Å². The highest BCUT2D eigenvalue weighted by atomic mass is 32.1. The van der Waals surface area contributed by atoms with E-state index in [1.165, 1.54) is 88.5 Å². The van der Waals surface area contributed by atoms with Gasteiger partial charge in [-0.1, -0.05) is 109 Å². The summed E-state index contributed by atoms with van der Waals surface area (Å²) in [5.41, 5.74) is 8.45. The summed E-state index contributed by atoms with van der Waals surface area (Å²) in [5.74, 6) is 0. The van der Waals surface area contributed by atoms with Crippen molar-refractivity contribution in [2.24, 2.45) is 0 Å². The Morgan fingerprint density at radius 1 is 0.288 bits per heavy atom. The summed E-state index contributed by atoms with van der Waals surface area (Å²) in [5, 5.41) is 7.91. The first-order chi connectivity index (χ1) is 25.8. The van der Waals surface area contributed by atoms with Crippen LogP contribution in [-0.2, 0) is 0 Å². The van der Waals surface area contributed by atoms with Crippen LogP contribution in [0.25, 0.3) is 82.8 Å². The molecule has 4 heteroatoms. The molecule has 0 spiro atoms. The Hall–Kier alpha value is -5.78. The maximum absolute atomic E-state index is 2.44. The Morgan fingerprint density at radius 2 is 0.654 bits per heavy atom. The van der Waals surface area contributed by atoms with E-state index in [9.17, 15) is 0 Å². The van der Waals surface area contributed by atoms with Crippen LogP contribution < -0.4 is 4.90 Å². The van der Waals surface area contributed by atoms with Crippen LogP contribution in [-0.4, -0.2) is 0 Å². The molecule has 11 rings (SSSR count). The zero-order valence-electron chi connectivity index (χ0n) is 27.9. The summed E-state index contributed by atoms with van der Waals surface area (Å²) in [6.45, 7) is 0. The molecule has 11 aromatic rings. The minimum absolute atomic E-state index is 1.13. The zero-order chi connectivity index (χ0) is 34.2. The number of hydrogen-bond donors (Lipinski definition) is 0. The minimum atomic E-state index is 1.13. The normalized spacial score (nSPS) is 11.8. The summed E-state index contributed by atoms with van der Waals surface area (Å²) < 4.78 is 7.91.